The van der Waals surface area contributed by atoms with E-state index in [0.717, 1.165) is 33.4 Å². The molecule has 0 aliphatic heterocycles. The van der Waals surface area contributed by atoms with Crippen LogP contribution in [-0.4, -0.2) is 33.9 Å². The quantitative estimate of drug-likeness (QED) is 0.244. The molecule has 0 spiro atoms. The third kappa shape index (κ3) is 4.13. The van der Waals surface area contributed by atoms with Crippen molar-refractivity contribution in [2.45, 2.75) is 50.6 Å². The highest BCUT2D eigenvalue weighted by Gasteiger charge is 2.19. The SMILES string of the molecule is C=CCn1c(SCc2nnc3n(C)c(=O)c4cc(C)ccc4n23)nnc1-c1ccc(C(C)(C)C)cc1. The van der Waals surface area contributed by atoms with Gasteiger partial charge in [0.05, 0.1) is 16.7 Å². The largest absolute Gasteiger partial charge is 0.298 e. The van der Waals surface area contributed by atoms with E-state index in [1.165, 1.54) is 17.3 Å². The number of rotatable bonds is 6. The Bertz CT molecular complexity index is 1650. The molecule has 0 saturated carbocycles. The molecule has 8 nitrogen and oxygen atoms in total. The summed E-state index contributed by atoms with van der Waals surface area (Å²) in [5, 5.41) is 19.1. The number of hydrogen-bond acceptors (Lipinski definition) is 6. The lowest BCUT2D eigenvalue weighted by atomic mass is 9.87. The Morgan fingerprint density at radius 3 is 2.47 bits per heavy atom. The summed E-state index contributed by atoms with van der Waals surface area (Å²) in [6, 6.07) is 14.3. The predicted molar refractivity (Wildman–Crippen MR) is 144 cm³/mol. The lowest BCUT2D eigenvalue weighted by Crippen LogP contribution is -2.20. The zero-order valence-electron chi connectivity index (χ0n) is 21.2. The minimum absolute atomic E-state index is 0.0827. The van der Waals surface area contributed by atoms with Crippen molar-refractivity contribution in [3.05, 3.63) is 82.4 Å². The second-order valence-corrected chi connectivity index (χ2v) is 10.9. The van der Waals surface area contributed by atoms with E-state index in [-0.39, 0.29) is 11.0 Å². The van der Waals surface area contributed by atoms with Crippen LogP contribution in [0.3, 0.4) is 0 Å². The summed E-state index contributed by atoms with van der Waals surface area (Å²) in [7, 11) is 1.73. The monoisotopic (exact) mass is 499 g/mol. The molecule has 0 fully saturated rings. The molecule has 5 aromatic rings. The summed E-state index contributed by atoms with van der Waals surface area (Å²) in [6.45, 7) is 13.1. The highest BCUT2D eigenvalue weighted by Crippen LogP contribution is 2.29. The van der Waals surface area contributed by atoms with Crippen molar-refractivity contribution in [3.8, 4) is 11.4 Å². The van der Waals surface area contributed by atoms with Gasteiger partial charge in [-0.2, -0.15) is 0 Å². The smallest absolute Gasteiger partial charge is 0.262 e. The molecule has 3 heterocycles. The average Bonchev–Trinajstić information content (AvgIpc) is 3.45. The Hall–Kier alpha value is -3.72. The molecule has 3 aromatic heterocycles. The van der Waals surface area contributed by atoms with Crippen molar-refractivity contribution < 1.29 is 0 Å². The van der Waals surface area contributed by atoms with Crippen molar-refractivity contribution in [2.24, 2.45) is 7.05 Å². The summed E-state index contributed by atoms with van der Waals surface area (Å²) in [5.41, 5.74) is 4.11. The molecule has 0 saturated heterocycles. The van der Waals surface area contributed by atoms with E-state index in [2.05, 4.69) is 76.6 Å². The number of aryl methyl sites for hydroxylation is 2. The maximum Gasteiger partial charge on any atom is 0.262 e. The van der Waals surface area contributed by atoms with Gasteiger partial charge in [-0.1, -0.05) is 74.5 Å². The highest BCUT2D eigenvalue weighted by atomic mass is 32.2. The van der Waals surface area contributed by atoms with Gasteiger partial charge in [-0.25, -0.2) is 0 Å². The van der Waals surface area contributed by atoms with E-state index in [0.29, 0.717) is 23.5 Å². The highest BCUT2D eigenvalue weighted by molar-refractivity contribution is 7.98. The molecule has 0 aliphatic rings. The van der Waals surface area contributed by atoms with Gasteiger partial charge >= 0.3 is 0 Å². The van der Waals surface area contributed by atoms with Gasteiger partial charge in [-0.15, -0.1) is 27.0 Å². The van der Waals surface area contributed by atoms with E-state index < -0.39 is 0 Å². The minimum Gasteiger partial charge on any atom is -0.298 e. The molecular formula is C27H29N7OS. The second-order valence-electron chi connectivity index (χ2n) is 9.96. The van der Waals surface area contributed by atoms with Gasteiger partial charge in [0.15, 0.2) is 11.0 Å². The Labute approximate surface area is 213 Å². The normalized spacial score (nSPS) is 12.0. The zero-order chi connectivity index (χ0) is 25.6. The van der Waals surface area contributed by atoms with Crippen LogP contribution < -0.4 is 5.56 Å². The van der Waals surface area contributed by atoms with Crippen LogP contribution in [0.5, 0.6) is 0 Å². The van der Waals surface area contributed by atoms with Gasteiger partial charge in [0.2, 0.25) is 5.78 Å². The van der Waals surface area contributed by atoms with Crippen molar-refractivity contribution in [2.75, 3.05) is 0 Å². The molecule has 9 heteroatoms. The van der Waals surface area contributed by atoms with Crippen LogP contribution >= 0.6 is 11.8 Å². The number of allylic oxidation sites excluding steroid dienone is 1. The number of benzene rings is 2. The third-order valence-corrected chi connectivity index (χ3v) is 7.27. The van der Waals surface area contributed by atoms with Crippen molar-refractivity contribution in [1.82, 2.24) is 33.9 Å². The molecule has 2 aromatic carbocycles. The average molecular weight is 500 g/mol. The number of thioether (sulfide) groups is 1. The molecule has 184 valence electrons. The summed E-state index contributed by atoms with van der Waals surface area (Å²) in [5.74, 6) is 2.57. The van der Waals surface area contributed by atoms with E-state index in [1.807, 2.05) is 35.6 Å². The van der Waals surface area contributed by atoms with E-state index >= 15 is 0 Å². The maximum atomic E-state index is 12.9. The van der Waals surface area contributed by atoms with Gasteiger partial charge in [-0.3, -0.25) is 18.3 Å². The second kappa shape index (κ2) is 9.05. The topological polar surface area (TPSA) is 82.9 Å². The summed E-state index contributed by atoms with van der Waals surface area (Å²) < 4.78 is 5.55. The first kappa shape index (κ1) is 24.0. The lowest BCUT2D eigenvalue weighted by molar-refractivity contribution is 0.590. The van der Waals surface area contributed by atoms with Crippen molar-refractivity contribution in [1.29, 1.82) is 0 Å². The molecule has 0 amide bonds. The van der Waals surface area contributed by atoms with Crippen molar-refractivity contribution in [3.63, 3.8) is 0 Å². The summed E-state index contributed by atoms with van der Waals surface area (Å²) in [4.78, 5) is 12.9. The molecule has 0 unspecified atom stereocenters. The molecule has 0 bridgehead atoms. The minimum atomic E-state index is -0.0827. The Balaban J connectivity index is 1.51. The number of hydrogen-bond donors (Lipinski definition) is 0. The van der Waals surface area contributed by atoms with E-state index in [4.69, 9.17) is 0 Å². The standard InChI is InChI=1S/C27H29N7OS/c1-7-14-33-23(18-9-11-19(12-10-18)27(3,4)5)29-31-26(33)36-16-22-28-30-25-32(6)24(35)20-15-17(2)8-13-21(20)34(22)25/h7-13,15H,1,14,16H2,2-6H3. The maximum absolute atomic E-state index is 12.9. The first-order chi connectivity index (χ1) is 17.2. The number of nitrogens with zero attached hydrogens (tertiary/aromatic N) is 7. The van der Waals surface area contributed by atoms with Crippen LogP contribution in [0.15, 0.2) is 65.1 Å². The van der Waals surface area contributed by atoms with E-state index in [9.17, 15) is 4.79 Å². The fraction of sp³-hybridized carbons (Fsp3) is 0.296. The molecule has 0 radical (unpaired) electrons. The number of aromatic nitrogens is 7. The predicted octanol–water partition coefficient (Wildman–Crippen LogP) is 4.92. The van der Waals surface area contributed by atoms with E-state index in [1.54, 1.807) is 11.6 Å². The van der Waals surface area contributed by atoms with Gasteiger partial charge in [0, 0.05) is 19.2 Å². The molecular weight excluding hydrogens is 470 g/mol. The van der Waals surface area contributed by atoms with Crippen LogP contribution in [0.1, 0.15) is 37.7 Å². The molecule has 36 heavy (non-hydrogen) atoms. The van der Waals surface area contributed by atoms with Crippen molar-refractivity contribution >= 4 is 28.4 Å². The molecule has 0 N–H and O–H groups in total. The molecule has 0 atom stereocenters. The fourth-order valence-electron chi connectivity index (χ4n) is 4.30. The van der Waals surface area contributed by atoms with Gasteiger partial charge in [0.25, 0.3) is 5.56 Å². The van der Waals surface area contributed by atoms with Gasteiger partial charge in [-0.05, 0) is 30.0 Å². The Morgan fingerprint density at radius 2 is 1.78 bits per heavy atom. The zero-order valence-corrected chi connectivity index (χ0v) is 22.0. The first-order valence-electron chi connectivity index (χ1n) is 11.8. The molecule has 5 rings (SSSR count). The molecule has 0 aliphatic carbocycles. The Kier molecular flexibility index (Phi) is 6.04. The Morgan fingerprint density at radius 1 is 1.03 bits per heavy atom. The lowest BCUT2D eigenvalue weighted by Gasteiger charge is -2.19. The van der Waals surface area contributed by atoms with Crippen LogP contribution in [-0.2, 0) is 24.8 Å². The fourth-order valence-corrected chi connectivity index (χ4v) is 5.16. The number of fused-ring (bicyclic) bond motifs is 3. The van der Waals surface area contributed by atoms with Gasteiger partial charge < -0.3 is 0 Å². The van der Waals surface area contributed by atoms with Crippen LogP contribution in [0.4, 0.5) is 0 Å². The third-order valence-electron chi connectivity index (χ3n) is 6.31. The van der Waals surface area contributed by atoms with Crippen LogP contribution in [0.2, 0.25) is 0 Å². The van der Waals surface area contributed by atoms with Crippen LogP contribution in [0, 0.1) is 6.92 Å². The summed E-state index contributed by atoms with van der Waals surface area (Å²) in [6.07, 6.45) is 1.85. The van der Waals surface area contributed by atoms with Gasteiger partial charge in [0.1, 0.15) is 5.82 Å². The summed E-state index contributed by atoms with van der Waals surface area (Å²) >= 11 is 1.54. The van der Waals surface area contributed by atoms with Crippen LogP contribution in [0.25, 0.3) is 28.1 Å². The first-order valence-corrected chi connectivity index (χ1v) is 12.8.